The molecular formula is C15H22ClNO2S. The fraction of sp³-hybridized carbons (Fsp3) is 0.667. The van der Waals surface area contributed by atoms with Crippen LogP contribution < -0.4 is 0 Å². The van der Waals surface area contributed by atoms with Gasteiger partial charge in [-0.25, -0.2) is 0 Å². The molecule has 1 aliphatic rings. The molecule has 20 heavy (non-hydrogen) atoms. The van der Waals surface area contributed by atoms with Crippen LogP contribution in [0.25, 0.3) is 0 Å². The molecule has 0 radical (unpaired) electrons. The zero-order chi connectivity index (χ0) is 14.6. The third-order valence-corrected chi connectivity index (χ3v) is 5.36. The molecule has 1 saturated carbocycles. The molecule has 0 atom stereocenters. The van der Waals surface area contributed by atoms with E-state index in [0.717, 1.165) is 36.6 Å². The second-order valence-corrected chi connectivity index (χ2v) is 7.68. The molecule has 0 aromatic carbocycles. The van der Waals surface area contributed by atoms with E-state index in [9.17, 15) is 9.90 Å². The van der Waals surface area contributed by atoms with Crippen molar-refractivity contribution < 1.29 is 9.90 Å². The minimum absolute atomic E-state index is 0.563. The van der Waals surface area contributed by atoms with Crippen LogP contribution in [0.5, 0.6) is 0 Å². The second-order valence-electron chi connectivity index (χ2n) is 5.88. The van der Waals surface area contributed by atoms with E-state index in [1.54, 1.807) is 11.3 Å². The molecule has 112 valence electrons. The van der Waals surface area contributed by atoms with Gasteiger partial charge in [0.15, 0.2) is 0 Å². The van der Waals surface area contributed by atoms with Crippen LogP contribution in [0.3, 0.4) is 0 Å². The molecule has 3 nitrogen and oxygen atoms in total. The van der Waals surface area contributed by atoms with Crippen LogP contribution in [0.1, 0.15) is 43.4 Å². The topological polar surface area (TPSA) is 40.5 Å². The Morgan fingerprint density at radius 2 is 2.00 bits per heavy atom. The van der Waals surface area contributed by atoms with Crippen LogP contribution in [0.2, 0.25) is 4.34 Å². The largest absolute Gasteiger partial charge is 0.481 e. The van der Waals surface area contributed by atoms with Gasteiger partial charge in [-0.05, 0) is 32.0 Å². The molecule has 0 saturated heterocycles. The summed E-state index contributed by atoms with van der Waals surface area (Å²) in [6.07, 6.45) is 6.00. The molecule has 0 bridgehead atoms. The predicted octanol–water partition coefficient (Wildman–Crippen LogP) is 4.26. The van der Waals surface area contributed by atoms with E-state index in [2.05, 4.69) is 4.90 Å². The highest BCUT2D eigenvalue weighted by atomic mass is 35.5. The van der Waals surface area contributed by atoms with Gasteiger partial charge in [-0.3, -0.25) is 4.79 Å². The molecule has 5 heteroatoms. The van der Waals surface area contributed by atoms with Gasteiger partial charge in [0, 0.05) is 18.0 Å². The average Bonchev–Trinajstić information content (AvgIpc) is 2.64. The number of hydrogen-bond donors (Lipinski definition) is 1. The monoisotopic (exact) mass is 315 g/mol. The van der Waals surface area contributed by atoms with Gasteiger partial charge in [0.2, 0.25) is 0 Å². The van der Waals surface area contributed by atoms with Crippen LogP contribution in [-0.2, 0) is 11.3 Å². The fourth-order valence-corrected chi connectivity index (χ4v) is 4.29. The van der Waals surface area contributed by atoms with Gasteiger partial charge in [-0.1, -0.05) is 37.3 Å². The number of thiophene rings is 1. The number of carbonyl (C=O) groups is 1. The summed E-state index contributed by atoms with van der Waals surface area (Å²) in [5, 5.41) is 9.69. The third-order valence-electron chi connectivity index (χ3n) is 4.14. The second kappa shape index (κ2) is 6.92. The standard InChI is InChI=1S/C15H22ClNO2S/c1-17(10-12-6-7-13(16)20-12)11-15(14(18)19)8-4-2-3-5-9-15/h6-7H,2-5,8-11H2,1H3,(H,18,19). The van der Waals surface area contributed by atoms with E-state index in [1.165, 1.54) is 17.7 Å². The normalized spacial score (nSPS) is 18.9. The summed E-state index contributed by atoms with van der Waals surface area (Å²) in [6, 6.07) is 3.91. The molecule has 1 aliphatic carbocycles. The van der Waals surface area contributed by atoms with Gasteiger partial charge in [-0.15, -0.1) is 11.3 Å². The number of aliphatic carboxylic acids is 1. The first-order valence-corrected chi connectivity index (χ1v) is 8.37. The summed E-state index contributed by atoms with van der Waals surface area (Å²) in [7, 11) is 2.00. The highest BCUT2D eigenvalue weighted by Crippen LogP contribution is 2.36. The lowest BCUT2D eigenvalue weighted by Crippen LogP contribution is -2.41. The minimum Gasteiger partial charge on any atom is -0.481 e. The number of carboxylic acids is 1. The first-order chi connectivity index (χ1) is 9.52. The van der Waals surface area contributed by atoms with E-state index in [1.807, 2.05) is 19.2 Å². The number of nitrogens with zero attached hydrogens (tertiary/aromatic N) is 1. The highest BCUT2D eigenvalue weighted by Gasteiger charge is 2.39. The van der Waals surface area contributed by atoms with Gasteiger partial charge in [0.1, 0.15) is 0 Å². The Labute approximate surface area is 129 Å². The Morgan fingerprint density at radius 1 is 1.35 bits per heavy atom. The molecule has 0 amide bonds. The maximum absolute atomic E-state index is 11.8. The Morgan fingerprint density at radius 3 is 2.50 bits per heavy atom. The van der Waals surface area contributed by atoms with E-state index in [0.29, 0.717) is 6.54 Å². The maximum Gasteiger partial charge on any atom is 0.310 e. The van der Waals surface area contributed by atoms with Gasteiger partial charge in [0.05, 0.1) is 9.75 Å². The molecular weight excluding hydrogens is 294 g/mol. The SMILES string of the molecule is CN(Cc1ccc(Cl)s1)CC1(C(=O)O)CCCCCC1. The van der Waals surface area contributed by atoms with E-state index in [4.69, 9.17) is 11.6 Å². The summed E-state index contributed by atoms with van der Waals surface area (Å²) >= 11 is 7.51. The molecule has 1 aromatic heterocycles. The van der Waals surface area contributed by atoms with Crippen molar-refractivity contribution in [1.82, 2.24) is 4.90 Å². The number of carboxylic acid groups (broad SMARTS) is 1. The molecule has 2 rings (SSSR count). The van der Waals surface area contributed by atoms with E-state index in [-0.39, 0.29) is 0 Å². The summed E-state index contributed by atoms with van der Waals surface area (Å²) < 4.78 is 0.788. The Bertz CT molecular complexity index is 452. The Hall–Kier alpha value is -0.580. The fourth-order valence-electron chi connectivity index (χ4n) is 3.12. The molecule has 1 fully saturated rings. The quantitative estimate of drug-likeness (QED) is 0.825. The van der Waals surface area contributed by atoms with E-state index < -0.39 is 11.4 Å². The van der Waals surface area contributed by atoms with E-state index >= 15 is 0 Å². The van der Waals surface area contributed by atoms with Gasteiger partial charge >= 0.3 is 5.97 Å². The molecule has 0 unspecified atom stereocenters. The van der Waals surface area contributed by atoms with Gasteiger partial charge < -0.3 is 10.0 Å². The van der Waals surface area contributed by atoms with Crippen molar-refractivity contribution in [2.75, 3.05) is 13.6 Å². The van der Waals surface area contributed by atoms with Crippen LogP contribution in [0.15, 0.2) is 12.1 Å². The van der Waals surface area contributed by atoms with Crippen molar-refractivity contribution in [3.63, 3.8) is 0 Å². The minimum atomic E-state index is -0.629. The van der Waals surface area contributed by atoms with Crippen LogP contribution >= 0.6 is 22.9 Å². The molecule has 0 aliphatic heterocycles. The van der Waals surface area contributed by atoms with Crippen molar-refractivity contribution in [3.05, 3.63) is 21.3 Å². The lowest BCUT2D eigenvalue weighted by molar-refractivity contribution is -0.151. The van der Waals surface area contributed by atoms with Crippen LogP contribution in [0, 0.1) is 5.41 Å². The molecule has 1 heterocycles. The predicted molar refractivity (Wildman–Crippen MR) is 83.4 cm³/mol. The molecule has 1 N–H and O–H groups in total. The molecule has 0 spiro atoms. The summed E-state index contributed by atoms with van der Waals surface area (Å²) in [4.78, 5) is 15.1. The lowest BCUT2D eigenvalue weighted by Gasteiger charge is -2.32. The summed E-state index contributed by atoms with van der Waals surface area (Å²) in [5.41, 5.74) is -0.563. The van der Waals surface area contributed by atoms with Crippen molar-refractivity contribution in [2.45, 2.75) is 45.1 Å². The van der Waals surface area contributed by atoms with Gasteiger partial charge in [0.25, 0.3) is 0 Å². The third kappa shape index (κ3) is 3.96. The first kappa shape index (κ1) is 15.8. The Kier molecular flexibility index (Phi) is 5.47. The number of halogens is 1. The first-order valence-electron chi connectivity index (χ1n) is 7.18. The van der Waals surface area contributed by atoms with Crippen molar-refractivity contribution >= 4 is 28.9 Å². The maximum atomic E-state index is 11.8. The van der Waals surface area contributed by atoms with Crippen molar-refractivity contribution in [1.29, 1.82) is 0 Å². The summed E-state index contributed by atoms with van der Waals surface area (Å²) in [5.74, 6) is -0.629. The zero-order valence-electron chi connectivity index (χ0n) is 11.9. The van der Waals surface area contributed by atoms with Crippen LogP contribution in [0.4, 0.5) is 0 Å². The highest BCUT2D eigenvalue weighted by molar-refractivity contribution is 7.16. The van der Waals surface area contributed by atoms with Crippen molar-refractivity contribution in [2.24, 2.45) is 5.41 Å². The zero-order valence-corrected chi connectivity index (χ0v) is 13.5. The summed E-state index contributed by atoms with van der Waals surface area (Å²) in [6.45, 7) is 1.39. The smallest absolute Gasteiger partial charge is 0.310 e. The lowest BCUT2D eigenvalue weighted by atomic mass is 9.80. The number of rotatable bonds is 5. The Balaban J connectivity index is 2.01. The van der Waals surface area contributed by atoms with Gasteiger partial charge in [-0.2, -0.15) is 0 Å². The van der Waals surface area contributed by atoms with Crippen LogP contribution in [-0.4, -0.2) is 29.6 Å². The molecule has 1 aromatic rings. The average molecular weight is 316 g/mol. The van der Waals surface area contributed by atoms with Crippen molar-refractivity contribution in [3.8, 4) is 0 Å². The number of hydrogen-bond acceptors (Lipinski definition) is 3.